The van der Waals surface area contributed by atoms with Crippen LogP contribution in [0.15, 0.2) is 0 Å². The Labute approximate surface area is 75.9 Å². The molecule has 0 aliphatic heterocycles. The van der Waals surface area contributed by atoms with E-state index >= 15 is 0 Å². The lowest BCUT2D eigenvalue weighted by molar-refractivity contribution is 0.0142. The number of hydrogen-bond donors (Lipinski definition) is 1. The van der Waals surface area contributed by atoms with E-state index in [0.717, 1.165) is 32.3 Å². The van der Waals surface area contributed by atoms with Gasteiger partial charge >= 0.3 is 0 Å². The maximum atomic E-state index is 9.40. The molecule has 2 atom stereocenters. The Morgan fingerprint density at radius 3 is 2.33 bits per heavy atom. The number of ether oxygens (including phenoxy) is 1. The first kappa shape index (κ1) is 11.9. The molecule has 0 spiro atoms. The molecule has 0 aliphatic rings. The molecule has 12 heavy (non-hydrogen) atoms. The topological polar surface area (TPSA) is 29.5 Å². The Morgan fingerprint density at radius 1 is 1.25 bits per heavy atom. The number of aliphatic hydroxyl groups excluding tert-OH is 1. The van der Waals surface area contributed by atoms with Crippen LogP contribution in [0.5, 0.6) is 0 Å². The van der Waals surface area contributed by atoms with Gasteiger partial charge in [-0.15, -0.1) is 0 Å². The smallest absolute Gasteiger partial charge is 0.0599 e. The predicted octanol–water partition coefficient (Wildman–Crippen LogP) is 2.35. The maximum Gasteiger partial charge on any atom is 0.0599 e. The summed E-state index contributed by atoms with van der Waals surface area (Å²) in [6.07, 6.45) is 3.88. The Balaban J connectivity index is 3.61. The van der Waals surface area contributed by atoms with Crippen molar-refractivity contribution >= 4 is 0 Å². The van der Waals surface area contributed by atoms with Gasteiger partial charge in [0.1, 0.15) is 0 Å². The van der Waals surface area contributed by atoms with Crippen LogP contribution in [0.25, 0.3) is 0 Å². The second-order valence-electron chi connectivity index (χ2n) is 3.16. The highest BCUT2D eigenvalue weighted by atomic mass is 16.5. The molecule has 0 radical (unpaired) electrons. The zero-order chi connectivity index (χ0) is 9.40. The normalized spacial score (nSPS) is 16.0. The van der Waals surface area contributed by atoms with Crippen molar-refractivity contribution in [2.45, 2.75) is 58.7 Å². The highest BCUT2D eigenvalue weighted by Crippen LogP contribution is 2.11. The monoisotopic (exact) mass is 174 g/mol. The summed E-state index contributed by atoms with van der Waals surface area (Å²) in [7, 11) is 0. The molecule has 74 valence electrons. The summed E-state index contributed by atoms with van der Waals surface area (Å²) in [6.45, 7) is 6.89. The summed E-state index contributed by atoms with van der Waals surface area (Å²) in [5.74, 6) is 0. The average Bonchev–Trinajstić information content (AvgIpc) is 2.05. The minimum atomic E-state index is -0.187. The fourth-order valence-corrected chi connectivity index (χ4v) is 1.30. The lowest BCUT2D eigenvalue weighted by Gasteiger charge is -2.18. The van der Waals surface area contributed by atoms with E-state index in [1.807, 2.05) is 13.8 Å². The lowest BCUT2D eigenvalue weighted by atomic mass is 10.1. The van der Waals surface area contributed by atoms with E-state index in [2.05, 4.69) is 6.92 Å². The summed E-state index contributed by atoms with van der Waals surface area (Å²) in [4.78, 5) is 0. The van der Waals surface area contributed by atoms with Crippen LogP contribution in [0.3, 0.4) is 0 Å². The predicted molar refractivity (Wildman–Crippen MR) is 51.2 cm³/mol. The number of hydrogen-bond acceptors (Lipinski definition) is 2. The molecule has 2 heteroatoms. The molecule has 0 fully saturated rings. The van der Waals surface area contributed by atoms with E-state index in [0.29, 0.717) is 0 Å². The quantitative estimate of drug-likeness (QED) is 0.642. The van der Waals surface area contributed by atoms with Gasteiger partial charge in [0.2, 0.25) is 0 Å². The van der Waals surface area contributed by atoms with Crippen LogP contribution in [0, 0.1) is 0 Å². The molecule has 0 aromatic heterocycles. The van der Waals surface area contributed by atoms with Crippen LogP contribution in [-0.2, 0) is 4.74 Å². The van der Waals surface area contributed by atoms with Crippen molar-refractivity contribution in [3.05, 3.63) is 0 Å². The Morgan fingerprint density at radius 2 is 1.92 bits per heavy atom. The first-order valence-corrected chi connectivity index (χ1v) is 5.04. The molecule has 0 aliphatic carbocycles. The molecule has 1 N–H and O–H groups in total. The minimum Gasteiger partial charge on any atom is -0.393 e. The van der Waals surface area contributed by atoms with E-state index < -0.39 is 0 Å². The SMILES string of the molecule is CCCC(CC(O)CC)OCC. The van der Waals surface area contributed by atoms with Crippen LogP contribution in [0.4, 0.5) is 0 Å². The van der Waals surface area contributed by atoms with Crippen LogP contribution < -0.4 is 0 Å². The van der Waals surface area contributed by atoms with Crippen molar-refractivity contribution in [3.8, 4) is 0 Å². The third-order valence-electron chi connectivity index (χ3n) is 2.02. The van der Waals surface area contributed by atoms with Crippen LogP contribution in [0.1, 0.15) is 46.5 Å². The third-order valence-corrected chi connectivity index (χ3v) is 2.02. The van der Waals surface area contributed by atoms with Crippen molar-refractivity contribution in [3.63, 3.8) is 0 Å². The minimum absolute atomic E-state index is 0.187. The first-order valence-electron chi connectivity index (χ1n) is 5.04. The Hall–Kier alpha value is -0.0800. The zero-order valence-electron chi connectivity index (χ0n) is 8.55. The molecule has 0 saturated carbocycles. The summed E-state index contributed by atoms with van der Waals surface area (Å²) in [5, 5.41) is 9.40. The summed E-state index contributed by atoms with van der Waals surface area (Å²) in [6, 6.07) is 0. The number of rotatable bonds is 7. The molecule has 0 aromatic carbocycles. The molecule has 0 rings (SSSR count). The van der Waals surface area contributed by atoms with Crippen LogP contribution >= 0.6 is 0 Å². The Bertz CT molecular complexity index is 87.8. The third kappa shape index (κ3) is 5.56. The lowest BCUT2D eigenvalue weighted by Crippen LogP contribution is -2.20. The first-order chi connectivity index (χ1) is 5.74. The zero-order valence-corrected chi connectivity index (χ0v) is 8.55. The van der Waals surface area contributed by atoms with Crippen molar-refractivity contribution in [1.29, 1.82) is 0 Å². The van der Waals surface area contributed by atoms with Gasteiger partial charge in [-0.3, -0.25) is 0 Å². The molecule has 0 saturated heterocycles. The summed E-state index contributed by atoms with van der Waals surface area (Å²) < 4.78 is 5.49. The van der Waals surface area contributed by atoms with Gasteiger partial charge in [-0.05, 0) is 26.2 Å². The van der Waals surface area contributed by atoms with Crippen molar-refractivity contribution < 1.29 is 9.84 Å². The summed E-state index contributed by atoms with van der Waals surface area (Å²) >= 11 is 0. The molecule has 2 nitrogen and oxygen atoms in total. The van der Waals surface area contributed by atoms with Gasteiger partial charge in [-0.2, -0.15) is 0 Å². The highest BCUT2D eigenvalue weighted by molar-refractivity contribution is 4.63. The van der Waals surface area contributed by atoms with Crippen molar-refractivity contribution in [2.24, 2.45) is 0 Å². The van der Waals surface area contributed by atoms with Crippen molar-refractivity contribution in [2.75, 3.05) is 6.61 Å². The maximum absolute atomic E-state index is 9.40. The van der Waals surface area contributed by atoms with Gasteiger partial charge in [0, 0.05) is 6.61 Å². The Kier molecular flexibility index (Phi) is 7.51. The highest BCUT2D eigenvalue weighted by Gasteiger charge is 2.11. The van der Waals surface area contributed by atoms with E-state index in [1.165, 1.54) is 0 Å². The molecule has 0 aromatic rings. The van der Waals surface area contributed by atoms with Gasteiger partial charge < -0.3 is 9.84 Å². The van der Waals surface area contributed by atoms with Crippen LogP contribution in [0.2, 0.25) is 0 Å². The van der Waals surface area contributed by atoms with E-state index in [1.54, 1.807) is 0 Å². The molecular weight excluding hydrogens is 152 g/mol. The van der Waals surface area contributed by atoms with Gasteiger partial charge in [0.15, 0.2) is 0 Å². The van der Waals surface area contributed by atoms with Crippen LogP contribution in [-0.4, -0.2) is 23.9 Å². The molecule has 0 bridgehead atoms. The second kappa shape index (κ2) is 7.56. The standard InChI is InChI=1S/C10H22O2/c1-4-7-10(12-6-3)8-9(11)5-2/h9-11H,4-8H2,1-3H3. The average molecular weight is 174 g/mol. The van der Waals surface area contributed by atoms with E-state index in [-0.39, 0.29) is 12.2 Å². The van der Waals surface area contributed by atoms with E-state index in [9.17, 15) is 5.11 Å². The summed E-state index contributed by atoms with van der Waals surface area (Å²) in [5.41, 5.74) is 0. The van der Waals surface area contributed by atoms with Gasteiger partial charge in [-0.25, -0.2) is 0 Å². The van der Waals surface area contributed by atoms with E-state index in [4.69, 9.17) is 4.74 Å². The molecule has 2 unspecified atom stereocenters. The van der Waals surface area contributed by atoms with Gasteiger partial charge in [0.05, 0.1) is 12.2 Å². The molecule has 0 amide bonds. The number of aliphatic hydroxyl groups is 1. The largest absolute Gasteiger partial charge is 0.393 e. The van der Waals surface area contributed by atoms with Crippen molar-refractivity contribution in [1.82, 2.24) is 0 Å². The fraction of sp³-hybridized carbons (Fsp3) is 1.00. The molecular formula is C10H22O2. The molecule has 0 heterocycles. The van der Waals surface area contributed by atoms with Gasteiger partial charge in [0.25, 0.3) is 0 Å². The fourth-order valence-electron chi connectivity index (χ4n) is 1.30. The second-order valence-corrected chi connectivity index (χ2v) is 3.16. The van der Waals surface area contributed by atoms with Gasteiger partial charge in [-0.1, -0.05) is 20.3 Å².